The van der Waals surface area contributed by atoms with Crippen LogP contribution in [0, 0.1) is 0 Å². The Morgan fingerprint density at radius 2 is 1.81 bits per heavy atom. The van der Waals surface area contributed by atoms with Crippen LogP contribution in [0.1, 0.15) is 18.6 Å². The van der Waals surface area contributed by atoms with Gasteiger partial charge in [-0.2, -0.15) is 0 Å². The summed E-state index contributed by atoms with van der Waals surface area (Å²) in [6, 6.07) is 10.8. The largest absolute Gasteiger partial charge is 0.389 e. The molecule has 2 N–H and O–H groups in total. The van der Waals surface area contributed by atoms with Crippen LogP contribution >= 0.6 is 23.2 Å². The number of halogens is 2. The molecule has 0 aromatic heterocycles. The van der Waals surface area contributed by atoms with E-state index in [2.05, 4.69) is 4.72 Å². The van der Waals surface area contributed by atoms with Gasteiger partial charge in [-0.25, -0.2) is 8.42 Å². The first kappa shape index (κ1) is 16.1. The Labute approximate surface area is 133 Å². The summed E-state index contributed by atoms with van der Waals surface area (Å²) < 4.78 is 27.2. The SMILES string of the molecule is CC(O)c1ccccc1NS(=O)(=O)c1cc(Cl)ccc1Cl. The van der Waals surface area contributed by atoms with Gasteiger partial charge in [-0.1, -0.05) is 41.4 Å². The van der Waals surface area contributed by atoms with Crippen molar-refractivity contribution in [2.24, 2.45) is 0 Å². The van der Waals surface area contributed by atoms with Crippen molar-refractivity contribution in [1.82, 2.24) is 0 Å². The highest BCUT2D eigenvalue weighted by molar-refractivity contribution is 7.92. The van der Waals surface area contributed by atoms with E-state index in [1.807, 2.05) is 0 Å². The fourth-order valence-electron chi connectivity index (χ4n) is 1.84. The second kappa shape index (κ2) is 6.23. The lowest BCUT2D eigenvalue weighted by molar-refractivity contribution is 0.200. The summed E-state index contributed by atoms with van der Waals surface area (Å²) in [7, 11) is -3.90. The van der Waals surface area contributed by atoms with E-state index >= 15 is 0 Å². The van der Waals surface area contributed by atoms with Gasteiger partial charge in [0.15, 0.2) is 0 Å². The zero-order valence-corrected chi connectivity index (χ0v) is 13.4. The number of nitrogens with one attached hydrogen (secondary N) is 1. The molecule has 0 saturated carbocycles. The second-order valence-corrected chi connectivity index (χ2v) is 6.94. The normalized spacial score (nSPS) is 13.0. The average Bonchev–Trinajstić information content (AvgIpc) is 2.41. The lowest BCUT2D eigenvalue weighted by Gasteiger charge is -2.15. The lowest BCUT2D eigenvalue weighted by Crippen LogP contribution is -2.15. The van der Waals surface area contributed by atoms with Crippen LogP contribution in [0.2, 0.25) is 10.0 Å². The van der Waals surface area contributed by atoms with E-state index < -0.39 is 16.1 Å². The Bertz CT molecular complexity index is 761. The molecule has 21 heavy (non-hydrogen) atoms. The number of anilines is 1. The summed E-state index contributed by atoms with van der Waals surface area (Å²) in [6.45, 7) is 1.56. The Morgan fingerprint density at radius 1 is 1.14 bits per heavy atom. The van der Waals surface area contributed by atoms with E-state index in [-0.39, 0.29) is 14.9 Å². The summed E-state index contributed by atoms with van der Waals surface area (Å²) in [4.78, 5) is -0.114. The summed E-state index contributed by atoms with van der Waals surface area (Å²) in [5.74, 6) is 0. The molecule has 0 bridgehead atoms. The third-order valence-corrected chi connectivity index (χ3v) is 4.92. The smallest absolute Gasteiger partial charge is 0.263 e. The van der Waals surface area contributed by atoms with Crippen LogP contribution in [0.3, 0.4) is 0 Å². The van der Waals surface area contributed by atoms with Crippen LogP contribution in [-0.4, -0.2) is 13.5 Å². The Balaban J connectivity index is 2.45. The maximum absolute atomic E-state index is 12.4. The van der Waals surface area contributed by atoms with Gasteiger partial charge in [0.2, 0.25) is 0 Å². The van der Waals surface area contributed by atoms with E-state index in [4.69, 9.17) is 23.2 Å². The molecule has 0 saturated heterocycles. The molecule has 0 spiro atoms. The van der Waals surface area contributed by atoms with Crippen LogP contribution in [0.25, 0.3) is 0 Å². The Morgan fingerprint density at radius 3 is 2.48 bits per heavy atom. The molecular weight excluding hydrogens is 333 g/mol. The fraction of sp³-hybridized carbons (Fsp3) is 0.143. The molecular formula is C14H13Cl2NO3S. The van der Waals surface area contributed by atoms with Crippen molar-refractivity contribution in [3.8, 4) is 0 Å². The minimum Gasteiger partial charge on any atom is -0.389 e. The van der Waals surface area contributed by atoms with Crippen LogP contribution in [0.4, 0.5) is 5.69 Å². The minimum absolute atomic E-state index is 0.0708. The molecule has 0 fully saturated rings. The highest BCUT2D eigenvalue weighted by Gasteiger charge is 2.20. The molecule has 0 aliphatic carbocycles. The number of aliphatic hydroxyl groups excluding tert-OH is 1. The average molecular weight is 346 g/mol. The zero-order chi connectivity index (χ0) is 15.6. The monoisotopic (exact) mass is 345 g/mol. The highest BCUT2D eigenvalue weighted by Crippen LogP contribution is 2.29. The molecule has 2 aromatic rings. The summed E-state index contributed by atoms with van der Waals surface area (Å²) in [6.07, 6.45) is -0.807. The van der Waals surface area contributed by atoms with E-state index in [1.165, 1.54) is 18.2 Å². The van der Waals surface area contributed by atoms with Gasteiger partial charge < -0.3 is 5.11 Å². The summed E-state index contributed by atoms with van der Waals surface area (Å²) in [5, 5.41) is 10.0. The van der Waals surface area contributed by atoms with Gasteiger partial charge in [0, 0.05) is 10.6 Å². The molecule has 0 radical (unpaired) electrons. The van der Waals surface area contributed by atoms with E-state index in [1.54, 1.807) is 31.2 Å². The van der Waals surface area contributed by atoms with Gasteiger partial charge in [-0.3, -0.25) is 4.72 Å². The fourth-order valence-corrected chi connectivity index (χ4v) is 3.69. The maximum atomic E-state index is 12.4. The second-order valence-electron chi connectivity index (χ2n) is 4.44. The van der Waals surface area contributed by atoms with Crippen LogP contribution < -0.4 is 4.72 Å². The number of sulfonamides is 1. The Kier molecular flexibility index (Phi) is 4.78. The van der Waals surface area contributed by atoms with Crippen molar-refractivity contribution in [2.45, 2.75) is 17.9 Å². The third-order valence-electron chi connectivity index (χ3n) is 2.84. The standard InChI is InChI=1S/C14H13Cl2NO3S/c1-9(18)11-4-2-3-5-13(11)17-21(19,20)14-8-10(15)6-7-12(14)16/h2-9,17-18H,1H3. The molecule has 1 unspecified atom stereocenters. The number of para-hydroxylation sites is 1. The molecule has 2 aromatic carbocycles. The predicted octanol–water partition coefficient (Wildman–Crippen LogP) is 3.85. The minimum atomic E-state index is -3.90. The molecule has 0 amide bonds. The summed E-state index contributed by atoms with van der Waals surface area (Å²) in [5.41, 5.74) is 0.766. The molecule has 112 valence electrons. The highest BCUT2D eigenvalue weighted by atomic mass is 35.5. The number of aliphatic hydroxyl groups is 1. The first-order chi connectivity index (χ1) is 9.81. The molecule has 7 heteroatoms. The topological polar surface area (TPSA) is 66.4 Å². The van der Waals surface area contributed by atoms with Crippen molar-refractivity contribution >= 4 is 38.9 Å². The third kappa shape index (κ3) is 3.68. The van der Waals surface area contributed by atoms with Crippen LogP contribution in [-0.2, 0) is 10.0 Å². The first-order valence-corrected chi connectivity index (χ1v) is 8.30. The molecule has 1 atom stereocenters. The van der Waals surface area contributed by atoms with Crippen molar-refractivity contribution in [3.63, 3.8) is 0 Å². The number of hydrogen-bond acceptors (Lipinski definition) is 3. The van der Waals surface area contributed by atoms with Gasteiger partial charge >= 0.3 is 0 Å². The van der Waals surface area contributed by atoms with Gasteiger partial charge in [0.05, 0.1) is 16.8 Å². The van der Waals surface area contributed by atoms with Gasteiger partial charge in [0.1, 0.15) is 4.90 Å². The van der Waals surface area contributed by atoms with Crippen LogP contribution in [0.15, 0.2) is 47.4 Å². The van der Waals surface area contributed by atoms with E-state index in [0.717, 1.165) is 0 Å². The molecule has 4 nitrogen and oxygen atoms in total. The van der Waals surface area contributed by atoms with E-state index in [0.29, 0.717) is 11.3 Å². The van der Waals surface area contributed by atoms with Crippen molar-refractivity contribution in [2.75, 3.05) is 4.72 Å². The van der Waals surface area contributed by atoms with Gasteiger partial charge in [-0.05, 0) is 31.2 Å². The van der Waals surface area contributed by atoms with E-state index in [9.17, 15) is 13.5 Å². The first-order valence-electron chi connectivity index (χ1n) is 6.06. The molecule has 2 rings (SSSR count). The van der Waals surface area contributed by atoms with Gasteiger partial charge in [-0.15, -0.1) is 0 Å². The molecule has 0 aliphatic heterocycles. The Hall–Kier alpha value is -1.27. The number of rotatable bonds is 4. The predicted molar refractivity (Wildman–Crippen MR) is 84.3 cm³/mol. The van der Waals surface area contributed by atoms with Gasteiger partial charge in [0.25, 0.3) is 10.0 Å². The lowest BCUT2D eigenvalue weighted by atomic mass is 10.1. The number of hydrogen-bond donors (Lipinski definition) is 2. The maximum Gasteiger partial charge on any atom is 0.263 e. The van der Waals surface area contributed by atoms with Crippen molar-refractivity contribution in [3.05, 3.63) is 58.1 Å². The number of benzene rings is 2. The summed E-state index contributed by atoms with van der Waals surface area (Å²) >= 11 is 11.7. The van der Waals surface area contributed by atoms with Crippen molar-refractivity contribution in [1.29, 1.82) is 0 Å². The molecule has 0 aliphatic rings. The molecule has 0 heterocycles. The quantitative estimate of drug-likeness (QED) is 0.884. The van der Waals surface area contributed by atoms with Crippen molar-refractivity contribution < 1.29 is 13.5 Å². The zero-order valence-electron chi connectivity index (χ0n) is 11.0. The van der Waals surface area contributed by atoms with Crippen LogP contribution in [0.5, 0.6) is 0 Å².